The molecule has 0 atom stereocenters. The molecule has 1 heterocycles. The van der Waals surface area contributed by atoms with Gasteiger partial charge in [-0.1, -0.05) is 25.5 Å². The lowest BCUT2D eigenvalue weighted by molar-refractivity contribution is 0.414. The van der Waals surface area contributed by atoms with Crippen LogP contribution in [0.4, 0.5) is 0 Å². The third kappa shape index (κ3) is 6.36. The van der Waals surface area contributed by atoms with Crippen LogP contribution in [0.3, 0.4) is 0 Å². The molecule has 0 fully saturated rings. The lowest BCUT2D eigenvalue weighted by atomic mass is 10.2. The number of aliphatic imine (C=N–C) groups is 1. The number of benzene rings is 1. The number of methoxy groups -OCH3 is 1. The van der Waals surface area contributed by atoms with Crippen LogP contribution in [0.5, 0.6) is 5.75 Å². The largest absolute Gasteiger partial charge is 0.497 e. The average molecular weight is 329 g/mol. The van der Waals surface area contributed by atoms with Gasteiger partial charge in [0, 0.05) is 19.5 Å². The van der Waals surface area contributed by atoms with Crippen molar-refractivity contribution in [3.05, 3.63) is 54.0 Å². The van der Waals surface area contributed by atoms with E-state index in [0.717, 1.165) is 55.4 Å². The Bertz CT molecular complexity index is 609. The summed E-state index contributed by atoms with van der Waals surface area (Å²) in [6.45, 7) is 4.49. The number of furan rings is 1. The molecule has 130 valence electrons. The number of ether oxygens (including phenoxy) is 1. The van der Waals surface area contributed by atoms with Crippen LogP contribution in [0.15, 0.2) is 52.1 Å². The summed E-state index contributed by atoms with van der Waals surface area (Å²) >= 11 is 0. The number of nitrogens with zero attached hydrogens (tertiary/aromatic N) is 1. The van der Waals surface area contributed by atoms with Gasteiger partial charge in [-0.25, -0.2) is 4.99 Å². The van der Waals surface area contributed by atoms with E-state index in [1.165, 1.54) is 0 Å². The van der Waals surface area contributed by atoms with Gasteiger partial charge < -0.3 is 19.8 Å². The first kappa shape index (κ1) is 17.9. The molecule has 0 amide bonds. The minimum absolute atomic E-state index is 0.611. The van der Waals surface area contributed by atoms with E-state index in [4.69, 9.17) is 9.15 Å². The Balaban J connectivity index is 1.89. The summed E-state index contributed by atoms with van der Waals surface area (Å²) in [7, 11) is 1.68. The summed E-state index contributed by atoms with van der Waals surface area (Å²) < 4.78 is 10.6. The fraction of sp³-hybridized carbons (Fsp3) is 0.421. The van der Waals surface area contributed by atoms with Crippen molar-refractivity contribution in [2.45, 2.75) is 32.7 Å². The van der Waals surface area contributed by atoms with Crippen molar-refractivity contribution in [3.8, 4) is 5.75 Å². The second kappa shape index (κ2) is 10.4. The predicted octanol–water partition coefficient (Wildman–Crippen LogP) is 3.37. The van der Waals surface area contributed by atoms with Crippen LogP contribution in [0.25, 0.3) is 0 Å². The van der Waals surface area contributed by atoms with E-state index in [1.54, 1.807) is 13.4 Å². The molecule has 0 spiro atoms. The average Bonchev–Trinajstić information content (AvgIpc) is 3.13. The number of rotatable bonds is 9. The van der Waals surface area contributed by atoms with Gasteiger partial charge in [-0.3, -0.25) is 0 Å². The normalized spacial score (nSPS) is 11.3. The van der Waals surface area contributed by atoms with E-state index in [0.29, 0.717) is 6.54 Å². The maximum atomic E-state index is 5.35. The Morgan fingerprint density at radius 2 is 2.04 bits per heavy atom. The molecule has 0 bridgehead atoms. The highest BCUT2D eigenvalue weighted by Gasteiger charge is 2.01. The standard InChI is InChI=1S/C19H27N3O2/c1-3-4-11-20-19(21-12-10-17-9-6-13-24-17)22-15-16-7-5-8-18(14-16)23-2/h5-9,13-14H,3-4,10-12,15H2,1-2H3,(H2,20,21,22). The molecule has 5 heteroatoms. The first-order valence-electron chi connectivity index (χ1n) is 8.49. The molecule has 0 saturated heterocycles. The molecule has 5 nitrogen and oxygen atoms in total. The van der Waals surface area contributed by atoms with Gasteiger partial charge in [0.1, 0.15) is 11.5 Å². The number of guanidine groups is 1. The molecule has 24 heavy (non-hydrogen) atoms. The third-order valence-electron chi connectivity index (χ3n) is 3.62. The van der Waals surface area contributed by atoms with E-state index in [9.17, 15) is 0 Å². The van der Waals surface area contributed by atoms with Crippen molar-refractivity contribution >= 4 is 5.96 Å². The van der Waals surface area contributed by atoms with E-state index in [1.807, 2.05) is 30.3 Å². The summed E-state index contributed by atoms with van der Waals surface area (Å²) in [5.41, 5.74) is 1.12. The molecule has 0 unspecified atom stereocenters. The van der Waals surface area contributed by atoms with Gasteiger partial charge in [-0.05, 0) is 36.2 Å². The SMILES string of the molecule is CCCCNC(=NCc1cccc(OC)c1)NCCc1ccco1. The second-order valence-electron chi connectivity index (χ2n) is 5.55. The zero-order valence-corrected chi connectivity index (χ0v) is 14.5. The van der Waals surface area contributed by atoms with Crippen molar-refractivity contribution < 1.29 is 9.15 Å². The van der Waals surface area contributed by atoms with Crippen molar-refractivity contribution in [1.29, 1.82) is 0 Å². The van der Waals surface area contributed by atoms with Gasteiger partial charge in [0.25, 0.3) is 0 Å². The maximum absolute atomic E-state index is 5.35. The Hall–Kier alpha value is -2.43. The topological polar surface area (TPSA) is 58.8 Å². The fourth-order valence-electron chi connectivity index (χ4n) is 2.26. The molecular weight excluding hydrogens is 302 g/mol. The summed E-state index contributed by atoms with van der Waals surface area (Å²) in [6.07, 6.45) is 4.81. The number of hydrogen-bond acceptors (Lipinski definition) is 3. The molecular formula is C19H27N3O2. The van der Waals surface area contributed by atoms with Crippen LogP contribution in [-0.2, 0) is 13.0 Å². The van der Waals surface area contributed by atoms with Gasteiger partial charge in [-0.15, -0.1) is 0 Å². The lowest BCUT2D eigenvalue weighted by Gasteiger charge is -2.12. The number of unbranched alkanes of at least 4 members (excludes halogenated alkanes) is 1. The minimum Gasteiger partial charge on any atom is -0.497 e. The smallest absolute Gasteiger partial charge is 0.191 e. The summed E-state index contributed by atoms with van der Waals surface area (Å²) in [6, 6.07) is 11.9. The summed E-state index contributed by atoms with van der Waals surface area (Å²) in [4.78, 5) is 4.67. The van der Waals surface area contributed by atoms with Crippen LogP contribution < -0.4 is 15.4 Å². The molecule has 2 aromatic rings. The van der Waals surface area contributed by atoms with Crippen LogP contribution in [-0.4, -0.2) is 26.2 Å². The molecule has 1 aromatic carbocycles. The van der Waals surface area contributed by atoms with Crippen LogP contribution in [0.1, 0.15) is 31.1 Å². The Morgan fingerprint density at radius 3 is 2.79 bits per heavy atom. The van der Waals surface area contributed by atoms with Crippen molar-refractivity contribution in [2.75, 3.05) is 20.2 Å². The van der Waals surface area contributed by atoms with Crippen LogP contribution in [0.2, 0.25) is 0 Å². The van der Waals surface area contributed by atoms with Gasteiger partial charge in [0.2, 0.25) is 0 Å². The highest BCUT2D eigenvalue weighted by atomic mass is 16.5. The number of nitrogens with one attached hydrogen (secondary N) is 2. The van der Waals surface area contributed by atoms with Crippen molar-refractivity contribution in [2.24, 2.45) is 4.99 Å². The first-order valence-corrected chi connectivity index (χ1v) is 8.49. The Labute approximate surface area is 144 Å². The second-order valence-corrected chi connectivity index (χ2v) is 5.55. The van der Waals surface area contributed by atoms with E-state index < -0.39 is 0 Å². The van der Waals surface area contributed by atoms with Crippen molar-refractivity contribution in [1.82, 2.24) is 10.6 Å². The minimum atomic E-state index is 0.611. The third-order valence-corrected chi connectivity index (χ3v) is 3.62. The van der Waals surface area contributed by atoms with Gasteiger partial charge >= 0.3 is 0 Å². The zero-order valence-electron chi connectivity index (χ0n) is 14.5. The number of hydrogen-bond donors (Lipinski definition) is 2. The summed E-state index contributed by atoms with van der Waals surface area (Å²) in [5.74, 6) is 2.66. The molecule has 2 N–H and O–H groups in total. The zero-order chi connectivity index (χ0) is 17.0. The van der Waals surface area contributed by atoms with Gasteiger partial charge in [-0.2, -0.15) is 0 Å². The first-order chi connectivity index (χ1) is 11.8. The summed E-state index contributed by atoms with van der Waals surface area (Å²) in [5, 5.41) is 6.74. The monoisotopic (exact) mass is 329 g/mol. The molecule has 0 aliphatic heterocycles. The molecule has 0 saturated carbocycles. The quantitative estimate of drug-likeness (QED) is 0.421. The van der Waals surface area contributed by atoms with Gasteiger partial charge in [0.05, 0.1) is 19.9 Å². The predicted molar refractivity (Wildman–Crippen MR) is 97.5 cm³/mol. The van der Waals surface area contributed by atoms with E-state index >= 15 is 0 Å². The van der Waals surface area contributed by atoms with Gasteiger partial charge in [0.15, 0.2) is 5.96 Å². The molecule has 1 aromatic heterocycles. The maximum Gasteiger partial charge on any atom is 0.191 e. The van der Waals surface area contributed by atoms with E-state index in [2.05, 4.69) is 28.6 Å². The highest BCUT2D eigenvalue weighted by Crippen LogP contribution is 2.13. The Morgan fingerprint density at radius 1 is 1.17 bits per heavy atom. The van der Waals surface area contributed by atoms with Crippen molar-refractivity contribution in [3.63, 3.8) is 0 Å². The van der Waals surface area contributed by atoms with Crippen LogP contribution >= 0.6 is 0 Å². The highest BCUT2D eigenvalue weighted by molar-refractivity contribution is 5.79. The molecule has 2 rings (SSSR count). The van der Waals surface area contributed by atoms with Crippen LogP contribution in [0, 0.1) is 0 Å². The molecule has 0 radical (unpaired) electrons. The lowest BCUT2D eigenvalue weighted by Crippen LogP contribution is -2.38. The molecule has 0 aliphatic rings. The van der Waals surface area contributed by atoms with E-state index in [-0.39, 0.29) is 0 Å². The Kier molecular flexibility index (Phi) is 7.74. The molecule has 0 aliphatic carbocycles. The fourth-order valence-corrected chi connectivity index (χ4v) is 2.26.